The topological polar surface area (TPSA) is 105 Å². The summed E-state index contributed by atoms with van der Waals surface area (Å²) in [6.45, 7) is 4.44. The third-order valence-corrected chi connectivity index (χ3v) is 7.31. The van der Waals surface area contributed by atoms with E-state index in [1.165, 1.54) is 17.5 Å². The number of carbonyl (C=O) groups is 2. The van der Waals surface area contributed by atoms with E-state index in [0.29, 0.717) is 30.2 Å². The van der Waals surface area contributed by atoms with Crippen molar-refractivity contribution in [1.29, 1.82) is 0 Å². The zero-order valence-electron chi connectivity index (χ0n) is 22.0. The van der Waals surface area contributed by atoms with Crippen LogP contribution in [-0.2, 0) is 26.2 Å². The summed E-state index contributed by atoms with van der Waals surface area (Å²) >= 11 is 6.20. The van der Waals surface area contributed by atoms with Gasteiger partial charge in [-0.25, -0.2) is 8.42 Å². The molecular weight excluding hydrogens is 518 g/mol. The summed E-state index contributed by atoms with van der Waals surface area (Å²) in [5.41, 5.74) is 1.23. The smallest absolute Gasteiger partial charge is 0.242 e. The van der Waals surface area contributed by atoms with Crippen LogP contribution in [0.4, 0.5) is 5.69 Å². The van der Waals surface area contributed by atoms with Crippen LogP contribution >= 0.6 is 11.6 Å². The molecule has 37 heavy (non-hydrogen) atoms. The van der Waals surface area contributed by atoms with E-state index in [0.717, 1.165) is 11.8 Å². The van der Waals surface area contributed by atoms with E-state index in [1.807, 2.05) is 26.0 Å². The van der Waals surface area contributed by atoms with Gasteiger partial charge in [0.15, 0.2) is 0 Å². The van der Waals surface area contributed by atoms with Crippen LogP contribution in [0, 0.1) is 0 Å². The first-order valence-electron chi connectivity index (χ1n) is 12.1. The second-order valence-corrected chi connectivity index (χ2v) is 10.8. The quantitative estimate of drug-likeness (QED) is 0.381. The minimum atomic E-state index is -3.64. The van der Waals surface area contributed by atoms with Crippen molar-refractivity contribution in [2.24, 2.45) is 0 Å². The van der Waals surface area contributed by atoms with Gasteiger partial charge in [0.1, 0.15) is 17.5 Å². The van der Waals surface area contributed by atoms with E-state index in [4.69, 9.17) is 21.1 Å². The predicted molar refractivity (Wildman–Crippen MR) is 146 cm³/mol. The molecule has 0 saturated heterocycles. The van der Waals surface area contributed by atoms with Gasteiger partial charge >= 0.3 is 0 Å². The largest absolute Gasteiger partial charge is 0.497 e. The number of nitrogens with zero attached hydrogens (tertiary/aromatic N) is 2. The summed E-state index contributed by atoms with van der Waals surface area (Å²) in [6.07, 6.45) is 1.85. The van der Waals surface area contributed by atoms with Crippen LogP contribution < -0.4 is 19.1 Å². The molecule has 9 nitrogen and oxygen atoms in total. The van der Waals surface area contributed by atoms with Crippen molar-refractivity contribution < 1.29 is 27.5 Å². The second kappa shape index (κ2) is 14.1. The van der Waals surface area contributed by atoms with Crippen molar-refractivity contribution in [3.63, 3.8) is 0 Å². The Kier molecular flexibility index (Phi) is 11.5. The van der Waals surface area contributed by atoms with Gasteiger partial charge in [0.25, 0.3) is 0 Å². The number of halogens is 1. The number of ether oxygens (including phenoxy) is 2. The highest BCUT2D eigenvalue weighted by atomic mass is 35.5. The molecular formula is C26H36ClN3O6S. The fraction of sp³-hybridized carbons (Fsp3) is 0.462. The highest BCUT2D eigenvalue weighted by Gasteiger charge is 2.28. The highest BCUT2D eigenvalue weighted by molar-refractivity contribution is 7.92. The van der Waals surface area contributed by atoms with Gasteiger partial charge in [-0.15, -0.1) is 0 Å². The van der Waals surface area contributed by atoms with E-state index >= 15 is 0 Å². The SMILES string of the molecule is CCNC(=O)[C@@H](CC)N(Cc1ccc(OC)cc1)C(=O)CCCN(c1ccc(OC)c(Cl)c1)S(C)(=O)=O. The Morgan fingerprint density at radius 3 is 2.24 bits per heavy atom. The van der Waals surface area contributed by atoms with E-state index in [1.54, 1.807) is 36.3 Å². The zero-order valence-corrected chi connectivity index (χ0v) is 23.6. The first kappa shape index (κ1) is 30.2. The predicted octanol–water partition coefficient (Wildman–Crippen LogP) is 3.85. The number of anilines is 1. The molecule has 0 saturated carbocycles. The van der Waals surface area contributed by atoms with Gasteiger partial charge in [0.05, 0.1) is 31.2 Å². The third kappa shape index (κ3) is 8.53. The van der Waals surface area contributed by atoms with Crippen molar-refractivity contribution in [1.82, 2.24) is 10.2 Å². The summed E-state index contributed by atoms with van der Waals surface area (Å²) in [7, 11) is -0.585. The molecule has 0 radical (unpaired) electrons. The van der Waals surface area contributed by atoms with Crippen LogP contribution in [0.5, 0.6) is 11.5 Å². The van der Waals surface area contributed by atoms with Crippen LogP contribution in [0.15, 0.2) is 42.5 Å². The number of benzene rings is 2. The number of hydrogen-bond donors (Lipinski definition) is 1. The average Bonchev–Trinajstić information content (AvgIpc) is 2.86. The Labute approximate surface area is 224 Å². The molecule has 11 heteroatoms. The second-order valence-electron chi connectivity index (χ2n) is 8.45. The van der Waals surface area contributed by atoms with Crippen LogP contribution in [0.1, 0.15) is 38.7 Å². The molecule has 1 atom stereocenters. The molecule has 0 fully saturated rings. The first-order valence-corrected chi connectivity index (χ1v) is 14.3. The van der Waals surface area contributed by atoms with Crippen LogP contribution in [0.25, 0.3) is 0 Å². The standard InChI is InChI=1S/C26H36ClN3O6S/c1-6-23(26(32)28-7-2)29(18-19-10-13-21(35-3)14-11-19)25(31)9-8-16-30(37(5,33)34)20-12-15-24(36-4)22(27)17-20/h10-15,17,23H,6-9,16,18H2,1-5H3,(H,28,32)/t23-/m1/s1. The van der Waals surface area contributed by atoms with Crippen molar-refractivity contribution in [3.8, 4) is 11.5 Å². The van der Waals surface area contributed by atoms with Crippen LogP contribution in [0.3, 0.4) is 0 Å². The van der Waals surface area contributed by atoms with Crippen LogP contribution in [0.2, 0.25) is 5.02 Å². The Morgan fingerprint density at radius 2 is 1.73 bits per heavy atom. The summed E-state index contributed by atoms with van der Waals surface area (Å²) < 4.78 is 36.6. The molecule has 0 aliphatic carbocycles. The Hall–Kier alpha value is -2.98. The highest BCUT2D eigenvalue weighted by Crippen LogP contribution is 2.30. The van der Waals surface area contributed by atoms with Gasteiger partial charge in [-0.3, -0.25) is 13.9 Å². The summed E-state index contributed by atoms with van der Waals surface area (Å²) in [4.78, 5) is 27.7. The van der Waals surface area contributed by atoms with Gasteiger partial charge in [0.2, 0.25) is 21.8 Å². The lowest BCUT2D eigenvalue weighted by atomic mass is 10.1. The third-order valence-electron chi connectivity index (χ3n) is 5.82. The molecule has 2 rings (SSSR count). The number of carbonyl (C=O) groups excluding carboxylic acids is 2. The Morgan fingerprint density at radius 1 is 1.05 bits per heavy atom. The average molecular weight is 554 g/mol. The minimum Gasteiger partial charge on any atom is -0.497 e. The number of sulfonamides is 1. The van der Waals surface area contributed by atoms with Gasteiger partial charge in [0, 0.05) is 26.1 Å². The van der Waals surface area contributed by atoms with Crippen LogP contribution in [-0.4, -0.2) is 64.7 Å². The minimum absolute atomic E-state index is 0.0575. The fourth-order valence-electron chi connectivity index (χ4n) is 3.95. The lowest BCUT2D eigenvalue weighted by Gasteiger charge is -2.31. The molecule has 0 aliphatic rings. The maximum Gasteiger partial charge on any atom is 0.242 e. The van der Waals surface area contributed by atoms with Crippen molar-refractivity contribution >= 4 is 39.1 Å². The molecule has 0 aliphatic heterocycles. The fourth-order valence-corrected chi connectivity index (χ4v) is 5.16. The molecule has 2 aromatic carbocycles. The molecule has 0 heterocycles. The van der Waals surface area contributed by atoms with Gasteiger partial charge in [-0.1, -0.05) is 30.7 Å². The van der Waals surface area contributed by atoms with Crippen molar-refractivity contribution in [2.45, 2.75) is 45.7 Å². The maximum absolute atomic E-state index is 13.4. The molecule has 0 spiro atoms. The number of nitrogens with one attached hydrogen (secondary N) is 1. The lowest BCUT2D eigenvalue weighted by molar-refractivity contribution is -0.141. The van der Waals surface area contributed by atoms with Crippen molar-refractivity contribution in [2.75, 3.05) is 37.9 Å². The molecule has 0 aromatic heterocycles. The maximum atomic E-state index is 13.4. The van der Waals surface area contributed by atoms with Gasteiger partial charge < -0.3 is 19.7 Å². The monoisotopic (exact) mass is 553 g/mol. The number of rotatable bonds is 14. The number of likely N-dealkylation sites (N-methyl/N-ethyl adjacent to an activating group) is 1. The first-order chi connectivity index (χ1) is 17.5. The Balaban J connectivity index is 2.22. The van der Waals surface area contributed by atoms with E-state index < -0.39 is 16.1 Å². The molecule has 0 unspecified atom stereocenters. The molecule has 0 bridgehead atoms. The summed E-state index contributed by atoms with van der Waals surface area (Å²) in [5.74, 6) is 0.656. The molecule has 1 N–H and O–H groups in total. The molecule has 2 amide bonds. The van der Waals surface area contributed by atoms with Crippen molar-refractivity contribution in [3.05, 3.63) is 53.1 Å². The van der Waals surface area contributed by atoms with Gasteiger partial charge in [-0.2, -0.15) is 0 Å². The zero-order chi connectivity index (χ0) is 27.6. The van der Waals surface area contributed by atoms with Gasteiger partial charge in [-0.05, 0) is 55.7 Å². The number of methoxy groups -OCH3 is 2. The normalized spacial score (nSPS) is 11.9. The summed E-state index contributed by atoms with van der Waals surface area (Å²) in [5, 5.41) is 3.08. The molecule has 204 valence electrons. The van der Waals surface area contributed by atoms with E-state index in [-0.39, 0.29) is 42.8 Å². The van der Waals surface area contributed by atoms with E-state index in [9.17, 15) is 18.0 Å². The Bertz CT molecular complexity index is 1160. The number of hydrogen-bond acceptors (Lipinski definition) is 6. The lowest BCUT2D eigenvalue weighted by Crippen LogP contribution is -2.49. The number of amides is 2. The van der Waals surface area contributed by atoms with E-state index in [2.05, 4.69) is 5.32 Å². The molecule has 2 aromatic rings. The summed E-state index contributed by atoms with van der Waals surface area (Å²) in [6, 6.07) is 11.4.